The van der Waals surface area contributed by atoms with Crippen LogP contribution in [0.3, 0.4) is 0 Å². The van der Waals surface area contributed by atoms with Gasteiger partial charge in [0.05, 0.1) is 5.71 Å². The molecule has 4 nitrogen and oxygen atoms in total. The van der Waals surface area contributed by atoms with Gasteiger partial charge in [-0.05, 0) is 12.1 Å². The van der Waals surface area contributed by atoms with Gasteiger partial charge in [0.2, 0.25) is 0 Å². The van der Waals surface area contributed by atoms with Crippen molar-refractivity contribution in [2.24, 2.45) is 5.16 Å². The third-order valence-electron chi connectivity index (χ3n) is 3.02. The summed E-state index contributed by atoms with van der Waals surface area (Å²) in [6.45, 7) is 4.58. The van der Waals surface area contributed by atoms with Crippen molar-refractivity contribution >= 4 is 17.3 Å². The molecule has 0 saturated heterocycles. The van der Waals surface area contributed by atoms with E-state index in [9.17, 15) is 5.11 Å². The van der Waals surface area contributed by atoms with Crippen LogP contribution in [0, 0.1) is 0 Å². The Morgan fingerprint density at radius 2 is 2.32 bits per heavy atom. The molecule has 0 radical (unpaired) electrons. The number of hydrogen-bond acceptors (Lipinski definition) is 4. The molecule has 0 saturated carbocycles. The Kier molecular flexibility index (Phi) is 4.80. The van der Waals surface area contributed by atoms with E-state index < -0.39 is 6.10 Å². The van der Waals surface area contributed by atoms with Gasteiger partial charge in [-0.3, -0.25) is 0 Å². The van der Waals surface area contributed by atoms with Crippen LogP contribution in [-0.4, -0.2) is 35.6 Å². The maximum Gasteiger partial charge on any atom is 0.160 e. The Morgan fingerprint density at radius 3 is 3.00 bits per heavy atom. The summed E-state index contributed by atoms with van der Waals surface area (Å²) in [5, 5.41) is 17.9. The Labute approximate surface area is 118 Å². The maximum absolute atomic E-state index is 10.0. The monoisotopic (exact) mass is 282 g/mol. The molecule has 1 aromatic carbocycles. The fourth-order valence-electron chi connectivity index (χ4n) is 1.93. The van der Waals surface area contributed by atoms with Crippen molar-refractivity contribution in [2.75, 3.05) is 6.54 Å². The second kappa shape index (κ2) is 6.37. The molecule has 5 heteroatoms. The van der Waals surface area contributed by atoms with E-state index in [4.69, 9.17) is 16.4 Å². The van der Waals surface area contributed by atoms with Crippen molar-refractivity contribution in [3.8, 4) is 0 Å². The summed E-state index contributed by atoms with van der Waals surface area (Å²) >= 11 is 5.95. The molecule has 19 heavy (non-hydrogen) atoms. The quantitative estimate of drug-likeness (QED) is 0.870. The van der Waals surface area contributed by atoms with Gasteiger partial charge in [-0.1, -0.05) is 42.7 Å². The molecule has 1 heterocycles. The van der Waals surface area contributed by atoms with Crippen LogP contribution in [0.4, 0.5) is 0 Å². The second-order valence-corrected chi connectivity index (χ2v) is 5.46. The van der Waals surface area contributed by atoms with Gasteiger partial charge in [0.25, 0.3) is 0 Å². The molecule has 2 atom stereocenters. The predicted molar refractivity (Wildman–Crippen MR) is 76.6 cm³/mol. The number of rotatable bonds is 5. The van der Waals surface area contributed by atoms with Gasteiger partial charge in [0, 0.05) is 29.6 Å². The van der Waals surface area contributed by atoms with E-state index in [1.54, 1.807) is 0 Å². The molecular formula is C14H19ClN2O2. The van der Waals surface area contributed by atoms with Gasteiger partial charge in [0.1, 0.15) is 6.10 Å². The molecule has 2 N–H and O–H groups in total. The molecule has 0 bridgehead atoms. The fourth-order valence-corrected chi connectivity index (χ4v) is 2.12. The van der Waals surface area contributed by atoms with Crippen LogP contribution in [0.5, 0.6) is 0 Å². The summed E-state index contributed by atoms with van der Waals surface area (Å²) in [5.41, 5.74) is 1.77. The van der Waals surface area contributed by atoms with Gasteiger partial charge in [-0.2, -0.15) is 0 Å². The topological polar surface area (TPSA) is 53.8 Å². The average Bonchev–Trinajstić information content (AvgIpc) is 2.85. The largest absolute Gasteiger partial charge is 0.389 e. The van der Waals surface area contributed by atoms with E-state index >= 15 is 0 Å². The second-order valence-electron chi connectivity index (χ2n) is 5.03. The molecule has 0 spiro atoms. The number of nitrogens with one attached hydrogen (secondary N) is 1. The molecule has 0 aromatic heterocycles. The van der Waals surface area contributed by atoms with Crippen LogP contribution >= 0.6 is 11.6 Å². The van der Waals surface area contributed by atoms with Gasteiger partial charge >= 0.3 is 0 Å². The van der Waals surface area contributed by atoms with E-state index in [0.717, 1.165) is 11.3 Å². The van der Waals surface area contributed by atoms with Crippen molar-refractivity contribution in [3.63, 3.8) is 0 Å². The van der Waals surface area contributed by atoms with Crippen LogP contribution in [0.1, 0.15) is 25.8 Å². The zero-order valence-electron chi connectivity index (χ0n) is 11.1. The lowest BCUT2D eigenvalue weighted by Gasteiger charge is -2.18. The Balaban J connectivity index is 1.92. The standard InChI is InChI=1S/C14H19ClN2O2/c1-9(2)16-8-13(18)14-7-12(17-19-14)10-4-3-5-11(15)6-10/h3-6,9,13-14,16,18H,7-8H2,1-2H3/t13-,14-/m0/s1. The molecule has 1 aliphatic rings. The van der Waals surface area contributed by atoms with Gasteiger partial charge in [0.15, 0.2) is 6.10 Å². The first-order valence-corrected chi connectivity index (χ1v) is 6.84. The zero-order valence-corrected chi connectivity index (χ0v) is 11.9. The molecule has 1 aliphatic heterocycles. The lowest BCUT2D eigenvalue weighted by atomic mass is 10.0. The number of aliphatic hydroxyl groups excluding tert-OH is 1. The van der Waals surface area contributed by atoms with Crippen LogP contribution in [0.25, 0.3) is 0 Å². The number of aliphatic hydroxyl groups is 1. The molecule has 2 rings (SSSR count). The number of benzene rings is 1. The molecule has 104 valence electrons. The van der Waals surface area contributed by atoms with Crippen LogP contribution in [0.15, 0.2) is 29.4 Å². The SMILES string of the molecule is CC(C)NC[C@H](O)[C@@H]1CC(c2cccc(Cl)c2)=NO1. The number of halogens is 1. The minimum absolute atomic E-state index is 0.291. The lowest BCUT2D eigenvalue weighted by molar-refractivity contribution is -0.0166. The molecule has 0 unspecified atom stereocenters. The highest BCUT2D eigenvalue weighted by Gasteiger charge is 2.28. The van der Waals surface area contributed by atoms with Gasteiger partial charge in [-0.25, -0.2) is 0 Å². The average molecular weight is 283 g/mol. The lowest BCUT2D eigenvalue weighted by Crippen LogP contribution is -2.39. The minimum Gasteiger partial charge on any atom is -0.389 e. The summed E-state index contributed by atoms with van der Waals surface area (Å²) in [4.78, 5) is 5.31. The molecule has 1 aromatic rings. The van der Waals surface area contributed by atoms with Crippen molar-refractivity contribution in [1.29, 1.82) is 0 Å². The molecule has 0 amide bonds. The number of oxime groups is 1. The van der Waals surface area contributed by atoms with E-state index in [-0.39, 0.29) is 6.10 Å². The highest BCUT2D eigenvalue weighted by Crippen LogP contribution is 2.21. The van der Waals surface area contributed by atoms with Crippen LogP contribution in [-0.2, 0) is 4.84 Å². The smallest absolute Gasteiger partial charge is 0.160 e. The van der Waals surface area contributed by atoms with E-state index in [1.165, 1.54) is 0 Å². The first-order chi connectivity index (χ1) is 9.06. The Morgan fingerprint density at radius 1 is 1.53 bits per heavy atom. The van der Waals surface area contributed by atoms with Gasteiger partial charge < -0.3 is 15.3 Å². The maximum atomic E-state index is 10.0. The summed E-state index contributed by atoms with van der Waals surface area (Å²) in [5.74, 6) is 0. The Bertz CT molecular complexity index is 463. The summed E-state index contributed by atoms with van der Waals surface area (Å²) in [7, 11) is 0. The van der Waals surface area contributed by atoms with E-state index in [1.807, 2.05) is 38.1 Å². The molecular weight excluding hydrogens is 264 g/mol. The third-order valence-corrected chi connectivity index (χ3v) is 3.25. The minimum atomic E-state index is -0.567. The van der Waals surface area contributed by atoms with Crippen molar-refractivity contribution in [3.05, 3.63) is 34.9 Å². The normalized spacial score (nSPS) is 20.3. The van der Waals surface area contributed by atoms with E-state index in [2.05, 4.69) is 10.5 Å². The predicted octanol–water partition coefficient (Wildman–Crippen LogP) is 2.19. The number of hydrogen-bond donors (Lipinski definition) is 2. The van der Waals surface area contributed by atoms with Gasteiger partial charge in [-0.15, -0.1) is 0 Å². The van der Waals surface area contributed by atoms with Crippen molar-refractivity contribution < 1.29 is 9.94 Å². The zero-order chi connectivity index (χ0) is 13.8. The highest BCUT2D eigenvalue weighted by atomic mass is 35.5. The van der Waals surface area contributed by atoms with Crippen LogP contribution in [0.2, 0.25) is 5.02 Å². The third kappa shape index (κ3) is 3.93. The van der Waals surface area contributed by atoms with E-state index in [0.29, 0.717) is 24.0 Å². The summed E-state index contributed by atoms with van der Waals surface area (Å²) in [6, 6.07) is 7.83. The summed E-state index contributed by atoms with van der Waals surface area (Å²) < 4.78 is 0. The first-order valence-electron chi connectivity index (χ1n) is 6.46. The van der Waals surface area contributed by atoms with Crippen LogP contribution < -0.4 is 5.32 Å². The Hall–Kier alpha value is -1.10. The van der Waals surface area contributed by atoms with Crippen molar-refractivity contribution in [1.82, 2.24) is 5.32 Å². The molecule has 0 fully saturated rings. The summed E-state index contributed by atoms with van der Waals surface area (Å²) in [6.07, 6.45) is -0.260. The number of nitrogens with zero attached hydrogens (tertiary/aromatic N) is 1. The van der Waals surface area contributed by atoms with Crippen molar-refractivity contribution in [2.45, 2.75) is 38.5 Å². The first kappa shape index (κ1) is 14.3. The fraction of sp³-hybridized carbons (Fsp3) is 0.500. The molecule has 0 aliphatic carbocycles. The highest BCUT2D eigenvalue weighted by molar-refractivity contribution is 6.31.